The second kappa shape index (κ2) is 5.48. The van der Waals surface area contributed by atoms with Gasteiger partial charge in [0.1, 0.15) is 5.75 Å². The smallest absolute Gasteiger partial charge is 0.173 e. The summed E-state index contributed by atoms with van der Waals surface area (Å²) in [6, 6.07) is 20.4. The van der Waals surface area contributed by atoms with Crippen LogP contribution >= 0.6 is 0 Å². The van der Waals surface area contributed by atoms with Crippen LogP contribution in [0.4, 0.5) is 0 Å². The molecule has 0 saturated heterocycles. The zero-order valence-electron chi connectivity index (χ0n) is 14.0. The van der Waals surface area contributed by atoms with Crippen LogP contribution in [0.5, 0.6) is 5.75 Å². The standard InChI is InChI=1S/C22H20O2/c1-3-22(14-16-6-4-5-7-20(16)21(22)23)18-10-8-15-9-11-19(24-2)13-17(15)12-18/h4-13H,3,14H2,1-2H3/t22-/m0/s1. The minimum absolute atomic E-state index is 0.253. The lowest BCUT2D eigenvalue weighted by Gasteiger charge is -2.27. The number of ketones is 1. The van der Waals surface area contributed by atoms with E-state index in [1.807, 2.05) is 30.3 Å². The number of carbonyl (C=O) groups excluding carboxylic acids is 1. The number of fused-ring (bicyclic) bond motifs is 2. The second-order valence-electron chi connectivity index (χ2n) is 6.53. The molecule has 3 aromatic carbocycles. The number of hydrogen-bond acceptors (Lipinski definition) is 2. The van der Waals surface area contributed by atoms with Crippen LogP contribution in [-0.2, 0) is 11.8 Å². The van der Waals surface area contributed by atoms with E-state index in [0.717, 1.165) is 46.1 Å². The molecule has 0 heterocycles. The minimum Gasteiger partial charge on any atom is -0.497 e. The molecule has 120 valence electrons. The Labute approximate surface area is 142 Å². The van der Waals surface area contributed by atoms with Gasteiger partial charge in [0.25, 0.3) is 0 Å². The molecule has 4 rings (SSSR count). The van der Waals surface area contributed by atoms with Crippen LogP contribution < -0.4 is 4.74 Å². The van der Waals surface area contributed by atoms with Gasteiger partial charge in [0.2, 0.25) is 0 Å². The highest BCUT2D eigenvalue weighted by atomic mass is 16.5. The van der Waals surface area contributed by atoms with Gasteiger partial charge in [-0.05, 0) is 52.9 Å². The Morgan fingerprint density at radius 1 is 1.00 bits per heavy atom. The molecule has 0 N–H and O–H groups in total. The van der Waals surface area contributed by atoms with Crippen LogP contribution in [0, 0.1) is 0 Å². The SMILES string of the molecule is CC[C@@]1(c2ccc3ccc(OC)cc3c2)Cc2ccccc2C1=O. The molecule has 0 radical (unpaired) electrons. The fraction of sp³-hybridized carbons (Fsp3) is 0.227. The maximum atomic E-state index is 13.2. The summed E-state index contributed by atoms with van der Waals surface area (Å²) in [5.74, 6) is 1.09. The van der Waals surface area contributed by atoms with Gasteiger partial charge in [-0.15, -0.1) is 0 Å². The van der Waals surface area contributed by atoms with Crippen LogP contribution in [0.25, 0.3) is 10.8 Å². The molecule has 0 unspecified atom stereocenters. The predicted octanol–water partition coefficient (Wildman–Crippen LogP) is 4.94. The van der Waals surface area contributed by atoms with Crippen molar-refractivity contribution in [1.82, 2.24) is 0 Å². The molecule has 0 aliphatic heterocycles. The molecular formula is C22H20O2. The number of carbonyl (C=O) groups is 1. The third-order valence-electron chi connectivity index (χ3n) is 5.39. The van der Waals surface area contributed by atoms with Gasteiger partial charge in [-0.3, -0.25) is 4.79 Å². The van der Waals surface area contributed by atoms with E-state index < -0.39 is 5.41 Å². The van der Waals surface area contributed by atoms with E-state index in [0.29, 0.717) is 0 Å². The monoisotopic (exact) mass is 316 g/mol. The average molecular weight is 316 g/mol. The van der Waals surface area contributed by atoms with Gasteiger partial charge in [0, 0.05) is 5.56 Å². The fourth-order valence-electron chi connectivity index (χ4n) is 3.93. The summed E-state index contributed by atoms with van der Waals surface area (Å²) in [5.41, 5.74) is 2.70. The van der Waals surface area contributed by atoms with Crippen molar-refractivity contribution in [1.29, 1.82) is 0 Å². The number of rotatable bonds is 3. The maximum absolute atomic E-state index is 13.2. The zero-order valence-corrected chi connectivity index (χ0v) is 14.0. The lowest BCUT2D eigenvalue weighted by atomic mass is 9.74. The van der Waals surface area contributed by atoms with Gasteiger partial charge in [0.05, 0.1) is 12.5 Å². The third kappa shape index (κ3) is 2.06. The quantitative estimate of drug-likeness (QED) is 0.684. The summed E-state index contributed by atoms with van der Waals surface area (Å²) in [4.78, 5) is 13.2. The largest absolute Gasteiger partial charge is 0.497 e. The lowest BCUT2D eigenvalue weighted by molar-refractivity contribution is 0.0898. The van der Waals surface area contributed by atoms with Gasteiger partial charge in [-0.25, -0.2) is 0 Å². The fourth-order valence-corrected chi connectivity index (χ4v) is 3.93. The zero-order chi connectivity index (χ0) is 16.7. The molecule has 0 aromatic heterocycles. The first-order chi connectivity index (χ1) is 11.7. The third-order valence-corrected chi connectivity index (χ3v) is 5.39. The number of ether oxygens (including phenoxy) is 1. The first-order valence-electron chi connectivity index (χ1n) is 8.39. The number of Topliss-reactive ketones (excluding diaryl/α,β-unsaturated/α-hetero) is 1. The second-order valence-corrected chi connectivity index (χ2v) is 6.53. The van der Waals surface area contributed by atoms with Crippen molar-refractivity contribution >= 4 is 16.6 Å². The Kier molecular flexibility index (Phi) is 3.42. The van der Waals surface area contributed by atoms with Crippen LogP contribution in [-0.4, -0.2) is 12.9 Å². The summed E-state index contributed by atoms with van der Waals surface area (Å²) in [6.45, 7) is 2.11. The van der Waals surface area contributed by atoms with E-state index in [1.165, 1.54) is 0 Å². The highest BCUT2D eigenvalue weighted by molar-refractivity contribution is 6.08. The molecule has 1 aliphatic carbocycles. The van der Waals surface area contributed by atoms with E-state index >= 15 is 0 Å². The van der Waals surface area contributed by atoms with Gasteiger partial charge in [-0.1, -0.05) is 49.4 Å². The first-order valence-corrected chi connectivity index (χ1v) is 8.39. The van der Waals surface area contributed by atoms with Gasteiger partial charge >= 0.3 is 0 Å². The van der Waals surface area contributed by atoms with Gasteiger partial charge in [0.15, 0.2) is 5.78 Å². The molecule has 24 heavy (non-hydrogen) atoms. The Morgan fingerprint density at radius 3 is 2.54 bits per heavy atom. The van der Waals surface area contributed by atoms with Crippen molar-refractivity contribution in [2.75, 3.05) is 7.11 Å². The molecule has 1 atom stereocenters. The van der Waals surface area contributed by atoms with Gasteiger partial charge in [-0.2, -0.15) is 0 Å². The average Bonchev–Trinajstić information content (AvgIpc) is 2.94. The molecule has 1 aliphatic rings. The molecular weight excluding hydrogens is 296 g/mol. The van der Waals surface area contributed by atoms with Crippen molar-refractivity contribution in [3.63, 3.8) is 0 Å². The van der Waals surface area contributed by atoms with Crippen LogP contribution in [0.3, 0.4) is 0 Å². The predicted molar refractivity (Wildman–Crippen MR) is 96.9 cm³/mol. The van der Waals surface area contributed by atoms with Crippen LogP contribution in [0.1, 0.15) is 34.8 Å². The number of benzene rings is 3. The maximum Gasteiger partial charge on any atom is 0.173 e. The Hall–Kier alpha value is -2.61. The highest BCUT2D eigenvalue weighted by Crippen LogP contribution is 2.43. The summed E-state index contributed by atoms with van der Waals surface area (Å²) >= 11 is 0. The van der Waals surface area contributed by atoms with Gasteiger partial charge < -0.3 is 4.74 Å². The van der Waals surface area contributed by atoms with Crippen molar-refractivity contribution < 1.29 is 9.53 Å². The van der Waals surface area contributed by atoms with Crippen molar-refractivity contribution in [3.05, 3.63) is 77.4 Å². The van der Waals surface area contributed by atoms with E-state index in [4.69, 9.17) is 4.74 Å². The minimum atomic E-state index is -0.443. The number of hydrogen-bond donors (Lipinski definition) is 0. The molecule has 0 amide bonds. The van der Waals surface area contributed by atoms with E-state index in [1.54, 1.807) is 7.11 Å². The molecule has 0 spiro atoms. The molecule has 3 aromatic rings. The Morgan fingerprint density at radius 2 is 1.79 bits per heavy atom. The summed E-state index contributed by atoms with van der Waals surface area (Å²) < 4.78 is 5.34. The van der Waals surface area contributed by atoms with Crippen molar-refractivity contribution in [2.24, 2.45) is 0 Å². The highest BCUT2D eigenvalue weighted by Gasteiger charge is 2.45. The summed E-state index contributed by atoms with van der Waals surface area (Å²) in [5, 5.41) is 2.28. The molecule has 0 saturated carbocycles. The molecule has 0 bridgehead atoms. The van der Waals surface area contributed by atoms with E-state index in [-0.39, 0.29) is 5.78 Å². The summed E-state index contributed by atoms with van der Waals surface area (Å²) in [7, 11) is 1.68. The summed E-state index contributed by atoms with van der Waals surface area (Å²) in [6.07, 6.45) is 1.59. The lowest BCUT2D eigenvalue weighted by Crippen LogP contribution is -2.32. The Balaban J connectivity index is 1.87. The molecule has 2 nitrogen and oxygen atoms in total. The normalized spacial score (nSPS) is 19.5. The van der Waals surface area contributed by atoms with Crippen LogP contribution in [0.15, 0.2) is 60.7 Å². The molecule has 2 heteroatoms. The number of methoxy groups -OCH3 is 1. The van der Waals surface area contributed by atoms with Crippen LogP contribution in [0.2, 0.25) is 0 Å². The molecule has 0 fully saturated rings. The van der Waals surface area contributed by atoms with E-state index in [2.05, 4.69) is 37.3 Å². The van der Waals surface area contributed by atoms with Crippen molar-refractivity contribution in [2.45, 2.75) is 25.2 Å². The van der Waals surface area contributed by atoms with E-state index in [9.17, 15) is 4.79 Å². The topological polar surface area (TPSA) is 26.3 Å². The Bertz CT molecular complexity index is 942. The van der Waals surface area contributed by atoms with Crippen molar-refractivity contribution in [3.8, 4) is 5.75 Å². The first kappa shape index (κ1) is 14.9.